The summed E-state index contributed by atoms with van der Waals surface area (Å²) < 4.78 is 0. The van der Waals surface area contributed by atoms with Gasteiger partial charge in [-0.2, -0.15) is 0 Å². The van der Waals surface area contributed by atoms with E-state index in [1.54, 1.807) is 13.2 Å². The van der Waals surface area contributed by atoms with Gasteiger partial charge in [0.05, 0.1) is 12.2 Å². The highest BCUT2D eigenvalue weighted by Gasteiger charge is 2.00. The average Bonchev–Trinajstić information content (AvgIpc) is 2.59. The van der Waals surface area contributed by atoms with E-state index in [1.807, 2.05) is 32.3 Å². The Morgan fingerprint density at radius 1 is 1.08 bits per heavy atom. The lowest BCUT2D eigenvalue weighted by molar-refractivity contribution is 0.783. The summed E-state index contributed by atoms with van der Waals surface area (Å²) in [5.74, 6) is 0.792. The molecule has 0 bridgehead atoms. The summed E-state index contributed by atoms with van der Waals surface area (Å²) in [6, 6.07) is 14.5. The maximum Gasteiger partial charge on any atom is 0.191 e. The molecule has 2 rings (SSSR count). The second-order valence-corrected chi connectivity index (χ2v) is 5.48. The van der Waals surface area contributed by atoms with Gasteiger partial charge in [-0.3, -0.25) is 9.98 Å². The molecule has 0 aliphatic heterocycles. The van der Waals surface area contributed by atoms with Gasteiger partial charge in [-0.25, -0.2) is 0 Å². The van der Waals surface area contributed by atoms with Crippen LogP contribution in [0, 0.1) is 0 Å². The van der Waals surface area contributed by atoms with Crippen LogP contribution >= 0.6 is 24.0 Å². The smallest absolute Gasteiger partial charge is 0.191 e. The number of rotatable bonds is 6. The number of pyridine rings is 1. The predicted molar refractivity (Wildman–Crippen MR) is 112 cm³/mol. The topological polar surface area (TPSA) is 52.6 Å². The quantitative estimate of drug-likeness (QED) is 0.413. The third-order valence-electron chi connectivity index (χ3n) is 3.55. The molecule has 2 aromatic rings. The minimum Gasteiger partial charge on any atom is -0.378 e. The van der Waals surface area contributed by atoms with Crippen molar-refractivity contribution in [3.05, 3.63) is 59.9 Å². The first-order chi connectivity index (χ1) is 11.2. The Hall–Kier alpha value is -1.83. The van der Waals surface area contributed by atoms with Gasteiger partial charge in [-0.15, -0.1) is 24.0 Å². The van der Waals surface area contributed by atoms with Crippen LogP contribution in [0.4, 0.5) is 5.69 Å². The lowest BCUT2D eigenvalue weighted by Gasteiger charge is -2.14. The van der Waals surface area contributed by atoms with Crippen molar-refractivity contribution in [2.75, 3.05) is 32.6 Å². The number of guanidine groups is 1. The zero-order chi connectivity index (χ0) is 16.5. The van der Waals surface area contributed by atoms with E-state index in [0.717, 1.165) is 24.6 Å². The average molecular weight is 439 g/mol. The molecule has 0 aliphatic carbocycles. The van der Waals surface area contributed by atoms with Crippen LogP contribution in [0.25, 0.3) is 0 Å². The second-order valence-electron chi connectivity index (χ2n) is 5.48. The van der Waals surface area contributed by atoms with Gasteiger partial charge in [-0.05, 0) is 36.2 Å². The number of hydrogen-bond donors (Lipinski definition) is 2. The molecule has 130 valence electrons. The molecule has 24 heavy (non-hydrogen) atoms. The Kier molecular flexibility index (Phi) is 9.14. The van der Waals surface area contributed by atoms with Crippen LogP contribution < -0.4 is 15.5 Å². The third kappa shape index (κ3) is 6.74. The molecule has 6 heteroatoms. The molecule has 1 aromatic heterocycles. The van der Waals surface area contributed by atoms with E-state index in [-0.39, 0.29) is 24.0 Å². The first kappa shape index (κ1) is 20.2. The van der Waals surface area contributed by atoms with Crippen molar-refractivity contribution in [1.29, 1.82) is 0 Å². The highest BCUT2D eigenvalue weighted by Crippen LogP contribution is 2.12. The lowest BCUT2D eigenvalue weighted by Crippen LogP contribution is -2.38. The molecule has 0 atom stereocenters. The van der Waals surface area contributed by atoms with E-state index in [0.29, 0.717) is 6.54 Å². The summed E-state index contributed by atoms with van der Waals surface area (Å²) in [6.07, 6.45) is 2.75. The van der Waals surface area contributed by atoms with Gasteiger partial charge in [0.2, 0.25) is 0 Å². The van der Waals surface area contributed by atoms with E-state index < -0.39 is 0 Å². The molecule has 2 N–H and O–H groups in total. The van der Waals surface area contributed by atoms with Gasteiger partial charge in [0, 0.05) is 39.6 Å². The number of anilines is 1. The van der Waals surface area contributed by atoms with Crippen molar-refractivity contribution < 1.29 is 0 Å². The zero-order valence-corrected chi connectivity index (χ0v) is 16.8. The SMILES string of the molecule is CN=C(NCCc1ccc(N(C)C)cc1)NCc1ccccn1.I. The van der Waals surface area contributed by atoms with Crippen molar-refractivity contribution in [2.45, 2.75) is 13.0 Å². The predicted octanol–water partition coefficient (Wildman–Crippen LogP) is 2.67. The number of nitrogens with one attached hydrogen (secondary N) is 2. The Labute approximate surface area is 161 Å². The van der Waals surface area contributed by atoms with Crippen molar-refractivity contribution in [1.82, 2.24) is 15.6 Å². The molecule has 0 unspecified atom stereocenters. The van der Waals surface area contributed by atoms with Crippen molar-refractivity contribution in [3.63, 3.8) is 0 Å². The molecule has 0 fully saturated rings. The Morgan fingerprint density at radius 3 is 2.42 bits per heavy atom. The molecule has 5 nitrogen and oxygen atoms in total. The monoisotopic (exact) mass is 439 g/mol. The fourth-order valence-corrected chi connectivity index (χ4v) is 2.18. The van der Waals surface area contributed by atoms with E-state index in [1.165, 1.54) is 11.3 Å². The number of benzene rings is 1. The van der Waals surface area contributed by atoms with Gasteiger partial charge in [-0.1, -0.05) is 18.2 Å². The summed E-state index contributed by atoms with van der Waals surface area (Å²) in [6.45, 7) is 1.50. The number of aliphatic imine (C=N–C) groups is 1. The largest absolute Gasteiger partial charge is 0.378 e. The molecule has 0 spiro atoms. The van der Waals surface area contributed by atoms with Crippen molar-refractivity contribution in [3.8, 4) is 0 Å². The van der Waals surface area contributed by atoms with Crippen LogP contribution in [0.3, 0.4) is 0 Å². The molecule has 0 saturated carbocycles. The minimum absolute atomic E-state index is 0. The summed E-state index contributed by atoms with van der Waals surface area (Å²) in [5, 5.41) is 6.59. The Bertz CT molecular complexity index is 611. The molecular weight excluding hydrogens is 413 g/mol. The third-order valence-corrected chi connectivity index (χ3v) is 3.55. The van der Waals surface area contributed by atoms with Gasteiger partial charge < -0.3 is 15.5 Å². The lowest BCUT2D eigenvalue weighted by atomic mass is 10.1. The van der Waals surface area contributed by atoms with Gasteiger partial charge in [0.25, 0.3) is 0 Å². The van der Waals surface area contributed by atoms with Crippen molar-refractivity contribution >= 4 is 35.6 Å². The second kappa shape index (κ2) is 10.9. The summed E-state index contributed by atoms with van der Waals surface area (Å²) in [7, 11) is 5.88. The number of hydrogen-bond acceptors (Lipinski definition) is 3. The molecule has 0 amide bonds. The van der Waals surface area contributed by atoms with Crippen LogP contribution in [-0.4, -0.2) is 38.6 Å². The van der Waals surface area contributed by atoms with Crippen LogP contribution in [0.2, 0.25) is 0 Å². The van der Waals surface area contributed by atoms with Crippen LogP contribution in [-0.2, 0) is 13.0 Å². The van der Waals surface area contributed by atoms with E-state index >= 15 is 0 Å². The zero-order valence-electron chi connectivity index (χ0n) is 14.5. The highest BCUT2D eigenvalue weighted by atomic mass is 127. The number of nitrogens with zero attached hydrogens (tertiary/aromatic N) is 3. The number of halogens is 1. The number of aromatic nitrogens is 1. The van der Waals surface area contributed by atoms with Crippen LogP contribution in [0.1, 0.15) is 11.3 Å². The fourth-order valence-electron chi connectivity index (χ4n) is 2.18. The van der Waals surface area contributed by atoms with Gasteiger partial charge in [0.1, 0.15) is 0 Å². The fraction of sp³-hybridized carbons (Fsp3) is 0.333. The molecule has 0 aliphatic rings. The standard InChI is InChI=1S/C18H25N5.HI/c1-19-18(22-14-16-6-4-5-12-20-16)21-13-11-15-7-9-17(10-8-15)23(2)3;/h4-10,12H,11,13-14H2,1-3H3,(H2,19,21,22);1H. The molecule has 1 heterocycles. The summed E-state index contributed by atoms with van der Waals surface area (Å²) in [5.41, 5.74) is 3.52. The Morgan fingerprint density at radius 2 is 1.83 bits per heavy atom. The summed E-state index contributed by atoms with van der Waals surface area (Å²) >= 11 is 0. The first-order valence-electron chi connectivity index (χ1n) is 7.79. The molecule has 1 aromatic carbocycles. The Balaban J connectivity index is 0.00000288. The van der Waals surface area contributed by atoms with E-state index in [9.17, 15) is 0 Å². The van der Waals surface area contributed by atoms with Crippen LogP contribution in [0.5, 0.6) is 0 Å². The first-order valence-corrected chi connectivity index (χ1v) is 7.79. The minimum atomic E-state index is 0. The van der Waals surface area contributed by atoms with Crippen LogP contribution in [0.15, 0.2) is 53.7 Å². The van der Waals surface area contributed by atoms with E-state index in [2.05, 4.69) is 49.8 Å². The summed E-state index contributed by atoms with van der Waals surface area (Å²) in [4.78, 5) is 10.6. The normalized spacial score (nSPS) is 10.7. The van der Waals surface area contributed by atoms with Gasteiger partial charge in [0.15, 0.2) is 5.96 Å². The maximum atomic E-state index is 4.29. The molecule has 0 radical (unpaired) electrons. The highest BCUT2D eigenvalue weighted by molar-refractivity contribution is 14.0. The maximum absolute atomic E-state index is 4.29. The molecular formula is C18H26IN5. The van der Waals surface area contributed by atoms with E-state index in [4.69, 9.17) is 0 Å². The van der Waals surface area contributed by atoms with Gasteiger partial charge >= 0.3 is 0 Å². The molecule has 0 saturated heterocycles. The van der Waals surface area contributed by atoms with Crippen molar-refractivity contribution in [2.24, 2.45) is 4.99 Å².